The topological polar surface area (TPSA) is 34.1 Å². The van der Waals surface area contributed by atoms with Gasteiger partial charge in [-0.1, -0.05) is 45.4 Å². The van der Waals surface area contributed by atoms with Crippen LogP contribution in [0.4, 0.5) is 0 Å². The van der Waals surface area contributed by atoms with Crippen molar-refractivity contribution in [3.8, 4) is 0 Å². The van der Waals surface area contributed by atoms with Crippen LogP contribution in [0.25, 0.3) is 0 Å². The number of halogens is 2. The molecule has 0 heterocycles. The van der Waals surface area contributed by atoms with E-state index in [-0.39, 0.29) is 0 Å². The first kappa shape index (κ1) is 14.9. The average molecular weight is 253 g/mol. The van der Waals surface area contributed by atoms with Crippen molar-refractivity contribution in [2.24, 2.45) is 5.92 Å². The predicted octanol–water partition coefficient (Wildman–Crippen LogP) is 3.88. The van der Waals surface area contributed by atoms with Crippen molar-refractivity contribution in [2.75, 3.05) is 0 Å². The lowest BCUT2D eigenvalue weighted by Crippen LogP contribution is -2.15. The highest BCUT2D eigenvalue weighted by molar-refractivity contribution is 6.73. The minimum Gasteiger partial charge on any atom is -0.280 e. The van der Waals surface area contributed by atoms with Crippen LogP contribution in [-0.2, 0) is 9.59 Å². The molecule has 0 aliphatic heterocycles. The Kier molecular flexibility index (Phi) is 9.12. The molecule has 88 valence electrons. The number of unbranched alkanes of at least 4 members (excludes halogenated alkanes) is 5. The van der Waals surface area contributed by atoms with Crippen molar-refractivity contribution in [1.29, 1.82) is 0 Å². The lowest BCUT2D eigenvalue weighted by atomic mass is 10.0. The Labute approximate surface area is 101 Å². The fourth-order valence-electron chi connectivity index (χ4n) is 1.44. The van der Waals surface area contributed by atoms with Crippen molar-refractivity contribution in [2.45, 2.75) is 51.9 Å². The summed E-state index contributed by atoms with van der Waals surface area (Å²) in [6, 6.07) is 0. The molecule has 15 heavy (non-hydrogen) atoms. The summed E-state index contributed by atoms with van der Waals surface area (Å²) in [7, 11) is 0. The number of carbonyl (C=O) groups is 2. The van der Waals surface area contributed by atoms with Crippen LogP contribution in [0.1, 0.15) is 51.9 Å². The van der Waals surface area contributed by atoms with Gasteiger partial charge in [-0.25, -0.2) is 0 Å². The monoisotopic (exact) mass is 252 g/mol. The molecule has 0 bridgehead atoms. The van der Waals surface area contributed by atoms with E-state index in [9.17, 15) is 9.59 Å². The summed E-state index contributed by atoms with van der Waals surface area (Å²) in [5.41, 5.74) is 0. The summed E-state index contributed by atoms with van der Waals surface area (Å²) < 4.78 is 0. The van der Waals surface area contributed by atoms with Gasteiger partial charge in [-0.3, -0.25) is 9.59 Å². The molecule has 0 N–H and O–H groups in total. The lowest BCUT2D eigenvalue weighted by molar-refractivity contribution is -0.124. The van der Waals surface area contributed by atoms with Gasteiger partial charge in [0.2, 0.25) is 10.5 Å². The van der Waals surface area contributed by atoms with Gasteiger partial charge >= 0.3 is 0 Å². The van der Waals surface area contributed by atoms with Crippen molar-refractivity contribution < 1.29 is 9.59 Å². The molecule has 0 saturated heterocycles. The highest BCUT2D eigenvalue weighted by Gasteiger charge is 2.22. The first-order chi connectivity index (χ1) is 7.09. The fraction of sp³-hybridized carbons (Fsp3) is 0.818. The minimum atomic E-state index is -0.806. The van der Waals surface area contributed by atoms with E-state index in [1.54, 1.807) is 0 Å². The van der Waals surface area contributed by atoms with Gasteiger partial charge in [0.15, 0.2) is 0 Å². The molecule has 0 aliphatic carbocycles. The Morgan fingerprint density at radius 2 is 1.40 bits per heavy atom. The summed E-state index contributed by atoms with van der Waals surface area (Å²) in [6.45, 7) is 2.16. The molecule has 0 spiro atoms. The summed E-state index contributed by atoms with van der Waals surface area (Å²) in [5, 5.41) is -1.27. The molecule has 0 fully saturated rings. The van der Waals surface area contributed by atoms with Crippen LogP contribution in [0.3, 0.4) is 0 Å². The molecule has 0 saturated carbocycles. The van der Waals surface area contributed by atoms with Crippen LogP contribution in [0.2, 0.25) is 0 Å². The quantitative estimate of drug-likeness (QED) is 0.355. The molecular formula is C11H18Cl2O2. The average Bonchev–Trinajstić information content (AvgIpc) is 2.15. The first-order valence-corrected chi connectivity index (χ1v) is 6.23. The predicted molar refractivity (Wildman–Crippen MR) is 63.2 cm³/mol. The fourth-order valence-corrected chi connectivity index (χ4v) is 1.92. The van der Waals surface area contributed by atoms with Gasteiger partial charge in [0, 0.05) is 0 Å². The molecule has 0 aliphatic rings. The highest BCUT2D eigenvalue weighted by Crippen LogP contribution is 2.17. The molecule has 0 rings (SSSR count). The molecule has 0 radical (unpaired) electrons. The van der Waals surface area contributed by atoms with E-state index in [1.165, 1.54) is 19.3 Å². The SMILES string of the molecule is CCCCCCCCC(C(=O)Cl)C(=O)Cl. The van der Waals surface area contributed by atoms with E-state index in [0.29, 0.717) is 6.42 Å². The Morgan fingerprint density at radius 1 is 0.933 bits per heavy atom. The Hall–Kier alpha value is -0.0800. The first-order valence-electron chi connectivity index (χ1n) is 5.48. The van der Waals surface area contributed by atoms with Gasteiger partial charge in [0.1, 0.15) is 5.92 Å². The van der Waals surface area contributed by atoms with Crippen LogP contribution < -0.4 is 0 Å². The van der Waals surface area contributed by atoms with Crippen LogP contribution in [0, 0.1) is 5.92 Å². The smallest absolute Gasteiger partial charge is 0.233 e. The Morgan fingerprint density at radius 3 is 1.87 bits per heavy atom. The second-order valence-corrected chi connectivity index (χ2v) is 4.46. The van der Waals surface area contributed by atoms with Crippen molar-refractivity contribution in [3.63, 3.8) is 0 Å². The van der Waals surface area contributed by atoms with Crippen LogP contribution in [0.5, 0.6) is 0 Å². The maximum Gasteiger partial charge on any atom is 0.233 e. The molecule has 2 nitrogen and oxygen atoms in total. The third-order valence-corrected chi connectivity index (χ3v) is 2.92. The second kappa shape index (κ2) is 9.17. The van der Waals surface area contributed by atoms with Gasteiger partial charge in [-0.05, 0) is 29.6 Å². The van der Waals surface area contributed by atoms with E-state index < -0.39 is 16.4 Å². The van der Waals surface area contributed by atoms with E-state index in [0.717, 1.165) is 19.3 Å². The van der Waals surface area contributed by atoms with Crippen LogP contribution in [0.15, 0.2) is 0 Å². The highest BCUT2D eigenvalue weighted by atomic mass is 35.5. The number of hydrogen-bond acceptors (Lipinski definition) is 2. The Bertz CT molecular complexity index is 191. The van der Waals surface area contributed by atoms with E-state index >= 15 is 0 Å². The lowest BCUT2D eigenvalue weighted by Gasteiger charge is -2.06. The molecule has 0 atom stereocenters. The molecule has 4 heteroatoms. The molecular weight excluding hydrogens is 235 g/mol. The number of hydrogen-bond donors (Lipinski definition) is 0. The zero-order valence-electron chi connectivity index (χ0n) is 9.10. The molecule has 0 aromatic rings. The van der Waals surface area contributed by atoms with E-state index in [2.05, 4.69) is 6.92 Å². The van der Waals surface area contributed by atoms with Gasteiger partial charge in [0.05, 0.1) is 0 Å². The Balaban J connectivity index is 3.55. The third-order valence-electron chi connectivity index (χ3n) is 2.39. The molecule has 0 unspecified atom stereocenters. The second-order valence-electron chi connectivity index (χ2n) is 3.72. The maximum atomic E-state index is 10.8. The third kappa shape index (κ3) is 7.80. The van der Waals surface area contributed by atoms with Crippen molar-refractivity contribution in [1.82, 2.24) is 0 Å². The van der Waals surface area contributed by atoms with Crippen LogP contribution >= 0.6 is 23.2 Å². The largest absolute Gasteiger partial charge is 0.280 e. The summed E-state index contributed by atoms with van der Waals surface area (Å²) in [4.78, 5) is 21.6. The van der Waals surface area contributed by atoms with E-state index in [4.69, 9.17) is 23.2 Å². The summed E-state index contributed by atoms with van der Waals surface area (Å²) >= 11 is 10.5. The van der Waals surface area contributed by atoms with Gasteiger partial charge < -0.3 is 0 Å². The minimum absolute atomic E-state index is 0.483. The normalized spacial score (nSPS) is 10.7. The van der Waals surface area contributed by atoms with Crippen LogP contribution in [-0.4, -0.2) is 10.5 Å². The zero-order valence-corrected chi connectivity index (χ0v) is 10.6. The van der Waals surface area contributed by atoms with Gasteiger partial charge in [-0.2, -0.15) is 0 Å². The van der Waals surface area contributed by atoms with Crippen molar-refractivity contribution in [3.05, 3.63) is 0 Å². The number of rotatable bonds is 9. The molecule has 0 aromatic carbocycles. The van der Waals surface area contributed by atoms with E-state index in [1.807, 2.05) is 0 Å². The zero-order chi connectivity index (χ0) is 11.7. The van der Waals surface area contributed by atoms with Gasteiger partial charge in [-0.15, -0.1) is 0 Å². The molecule has 0 amide bonds. The number of carbonyl (C=O) groups excluding carboxylic acids is 2. The summed E-state index contributed by atoms with van der Waals surface area (Å²) in [6.07, 6.45) is 7.17. The molecule has 0 aromatic heterocycles. The van der Waals surface area contributed by atoms with Gasteiger partial charge in [0.25, 0.3) is 0 Å². The maximum absolute atomic E-state index is 10.8. The van der Waals surface area contributed by atoms with Crippen molar-refractivity contribution >= 4 is 33.7 Å². The summed E-state index contributed by atoms with van der Waals surface area (Å²) in [5.74, 6) is -0.806. The standard InChI is InChI=1S/C11H18Cl2O2/c1-2-3-4-5-6-7-8-9(10(12)14)11(13)15/h9H,2-8H2,1H3.